The summed E-state index contributed by atoms with van der Waals surface area (Å²) in [6.07, 6.45) is 1.33. The summed E-state index contributed by atoms with van der Waals surface area (Å²) in [5.74, 6) is 0.295. The highest BCUT2D eigenvalue weighted by molar-refractivity contribution is 7.99. The van der Waals surface area contributed by atoms with E-state index in [-0.39, 0.29) is 22.7 Å². The highest BCUT2D eigenvalue weighted by atomic mass is 35.5. The molecule has 0 bridgehead atoms. The van der Waals surface area contributed by atoms with Crippen molar-refractivity contribution in [1.29, 1.82) is 0 Å². The molecule has 2 aromatic heterocycles. The second-order valence-electron chi connectivity index (χ2n) is 6.15. The predicted molar refractivity (Wildman–Crippen MR) is 117 cm³/mol. The Labute approximate surface area is 180 Å². The van der Waals surface area contributed by atoms with Crippen molar-refractivity contribution < 1.29 is 9.53 Å². The molecule has 0 atom stereocenters. The number of fused-ring (bicyclic) bond motifs is 1. The Hall–Kier alpha value is -3.30. The summed E-state index contributed by atoms with van der Waals surface area (Å²) in [6, 6.07) is 14.4. The van der Waals surface area contributed by atoms with Crippen molar-refractivity contribution in [3.8, 4) is 11.4 Å². The van der Waals surface area contributed by atoms with Crippen LogP contribution in [0, 0.1) is 0 Å². The fraction of sp³-hybridized carbons (Fsp3) is 0.100. The first-order valence-electron chi connectivity index (χ1n) is 8.84. The lowest BCUT2D eigenvalue weighted by atomic mass is 10.3. The molecule has 0 radical (unpaired) electrons. The Morgan fingerprint density at radius 3 is 2.83 bits per heavy atom. The lowest BCUT2D eigenvalue weighted by Gasteiger charge is -2.11. The fourth-order valence-electron chi connectivity index (χ4n) is 2.88. The van der Waals surface area contributed by atoms with Gasteiger partial charge in [0.1, 0.15) is 5.75 Å². The molecule has 0 spiro atoms. The standard InChI is InChI=1S/C20H16ClN5O3S/c1-29-15-8-7-12(21)9-14(15)24-16(27)10-30-20-25-17-18(22-11-23-19(17)28)26(20)13-5-3-2-4-6-13/h2-9,11H,10H2,1H3,(H,24,27)(H,22,23,28). The molecule has 0 saturated heterocycles. The summed E-state index contributed by atoms with van der Waals surface area (Å²) in [6.45, 7) is 0. The molecule has 0 saturated carbocycles. The van der Waals surface area contributed by atoms with Crippen LogP contribution in [0.5, 0.6) is 5.75 Å². The zero-order chi connectivity index (χ0) is 21.1. The number of carbonyl (C=O) groups is 1. The van der Waals surface area contributed by atoms with Crippen LogP contribution in [-0.4, -0.2) is 38.3 Å². The number of nitrogens with one attached hydrogen (secondary N) is 2. The van der Waals surface area contributed by atoms with Gasteiger partial charge in [-0.3, -0.25) is 14.2 Å². The molecule has 2 N–H and O–H groups in total. The van der Waals surface area contributed by atoms with E-state index in [4.69, 9.17) is 16.3 Å². The molecule has 10 heteroatoms. The number of nitrogens with zero attached hydrogens (tertiary/aromatic N) is 3. The van der Waals surface area contributed by atoms with Gasteiger partial charge in [0, 0.05) is 10.7 Å². The van der Waals surface area contributed by atoms with Crippen molar-refractivity contribution in [1.82, 2.24) is 19.5 Å². The van der Waals surface area contributed by atoms with Crippen LogP contribution >= 0.6 is 23.4 Å². The summed E-state index contributed by atoms with van der Waals surface area (Å²) in [5.41, 5.74) is 1.55. The average Bonchev–Trinajstić information content (AvgIpc) is 3.13. The lowest BCUT2D eigenvalue weighted by molar-refractivity contribution is -0.113. The number of carbonyl (C=O) groups excluding carboxylic acids is 1. The molecule has 0 unspecified atom stereocenters. The van der Waals surface area contributed by atoms with Crippen LogP contribution < -0.4 is 15.6 Å². The minimum atomic E-state index is -0.343. The van der Waals surface area contributed by atoms with Crippen molar-refractivity contribution in [2.75, 3.05) is 18.2 Å². The number of hydrogen-bond acceptors (Lipinski definition) is 6. The molecule has 0 aliphatic carbocycles. The second-order valence-corrected chi connectivity index (χ2v) is 7.53. The quantitative estimate of drug-likeness (QED) is 0.444. The van der Waals surface area contributed by atoms with Gasteiger partial charge in [-0.2, -0.15) is 0 Å². The van der Waals surface area contributed by atoms with Crippen LogP contribution in [0.2, 0.25) is 5.02 Å². The molecule has 0 fully saturated rings. The van der Waals surface area contributed by atoms with Crippen molar-refractivity contribution in [3.63, 3.8) is 0 Å². The minimum Gasteiger partial charge on any atom is -0.495 e. The highest BCUT2D eigenvalue weighted by Gasteiger charge is 2.18. The summed E-state index contributed by atoms with van der Waals surface area (Å²) in [4.78, 5) is 35.9. The maximum atomic E-state index is 12.5. The van der Waals surface area contributed by atoms with E-state index in [9.17, 15) is 9.59 Å². The number of amides is 1. The molecule has 4 aromatic rings. The van der Waals surface area contributed by atoms with Gasteiger partial charge in [0.15, 0.2) is 16.3 Å². The smallest absolute Gasteiger partial charge is 0.278 e. The van der Waals surface area contributed by atoms with Crippen LogP contribution in [-0.2, 0) is 4.79 Å². The maximum absolute atomic E-state index is 12.5. The summed E-state index contributed by atoms with van der Waals surface area (Å²) < 4.78 is 7.00. The maximum Gasteiger partial charge on any atom is 0.278 e. The number of aromatic amines is 1. The number of halogens is 1. The number of benzene rings is 2. The van der Waals surface area contributed by atoms with Crippen LogP contribution in [0.3, 0.4) is 0 Å². The van der Waals surface area contributed by atoms with Gasteiger partial charge < -0.3 is 15.0 Å². The van der Waals surface area contributed by atoms with E-state index in [0.717, 1.165) is 5.69 Å². The van der Waals surface area contributed by atoms with Crippen molar-refractivity contribution in [2.24, 2.45) is 0 Å². The Morgan fingerprint density at radius 2 is 2.07 bits per heavy atom. The molecule has 8 nitrogen and oxygen atoms in total. The molecule has 2 heterocycles. The molecular formula is C20H16ClN5O3S. The van der Waals surface area contributed by atoms with Gasteiger partial charge in [-0.15, -0.1) is 0 Å². The molecular weight excluding hydrogens is 426 g/mol. The molecule has 2 aromatic carbocycles. The van der Waals surface area contributed by atoms with Crippen molar-refractivity contribution in [2.45, 2.75) is 5.16 Å². The van der Waals surface area contributed by atoms with Gasteiger partial charge in [0.2, 0.25) is 5.91 Å². The number of H-pyrrole nitrogens is 1. The first kappa shape index (κ1) is 20.0. The average molecular weight is 442 g/mol. The van der Waals surface area contributed by atoms with E-state index in [1.807, 2.05) is 30.3 Å². The second kappa shape index (κ2) is 8.60. The van der Waals surface area contributed by atoms with Gasteiger partial charge in [-0.05, 0) is 30.3 Å². The van der Waals surface area contributed by atoms with E-state index in [0.29, 0.717) is 27.3 Å². The normalized spacial score (nSPS) is 10.9. The molecule has 1 amide bonds. The number of aromatic nitrogens is 4. The number of methoxy groups -OCH3 is 1. The minimum absolute atomic E-state index is 0.0593. The van der Waals surface area contributed by atoms with Gasteiger partial charge in [0.05, 0.1) is 24.9 Å². The van der Waals surface area contributed by atoms with Crippen LogP contribution in [0.1, 0.15) is 0 Å². The number of hydrogen-bond donors (Lipinski definition) is 2. The predicted octanol–water partition coefficient (Wildman–Crippen LogP) is 3.50. The number of rotatable bonds is 6. The number of para-hydroxylation sites is 1. The van der Waals surface area contributed by atoms with Crippen molar-refractivity contribution >= 4 is 46.1 Å². The van der Waals surface area contributed by atoms with E-state index in [1.54, 1.807) is 22.8 Å². The number of anilines is 1. The summed E-state index contributed by atoms with van der Waals surface area (Å²) >= 11 is 7.21. The molecule has 152 valence electrons. The van der Waals surface area contributed by atoms with Crippen molar-refractivity contribution in [3.05, 3.63) is 70.2 Å². The Balaban J connectivity index is 1.62. The van der Waals surface area contributed by atoms with Gasteiger partial charge >= 0.3 is 0 Å². The third kappa shape index (κ3) is 4.03. The highest BCUT2D eigenvalue weighted by Crippen LogP contribution is 2.29. The third-order valence-corrected chi connectivity index (χ3v) is 5.38. The molecule has 4 rings (SSSR count). The first-order valence-corrected chi connectivity index (χ1v) is 10.2. The Kier molecular flexibility index (Phi) is 5.73. The largest absolute Gasteiger partial charge is 0.495 e. The number of thioether (sulfide) groups is 1. The monoisotopic (exact) mass is 441 g/mol. The van der Waals surface area contributed by atoms with E-state index >= 15 is 0 Å². The van der Waals surface area contributed by atoms with Gasteiger partial charge in [-0.25, -0.2) is 9.97 Å². The lowest BCUT2D eigenvalue weighted by Crippen LogP contribution is -2.15. The molecule has 30 heavy (non-hydrogen) atoms. The fourth-order valence-corrected chi connectivity index (χ4v) is 3.87. The number of ether oxygens (including phenoxy) is 1. The topological polar surface area (TPSA) is 102 Å². The molecule has 0 aliphatic heterocycles. The summed E-state index contributed by atoms with van der Waals surface area (Å²) in [5, 5.41) is 3.75. The zero-order valence-electron chi connectivity index (χ0n) is 15.8. The van der Waals surface area contributed by atoms with Gasteiger partial charge in [-0.1, -0.05) is 41.6 Å². The third-order valence-electron chi connectivity index (χ3n) is 4.20. The number of imidazole rings is 1. The van der Waals surface area contributed by atoms with E-state index in [1.165, 1.54) is 25.2 Å². The SMILES string of the molecule is COc1ccc(Cl)cc1NC(=O)CSc1nc2c(=O)[nH]cnc2n1-c1ccccc1. The van der Waals surface area contributed by atoms with Crippen LogP contribution in [0.25, 0.3) is 16.9 Å². The Bertz CT molecular complexity index is 1270. The van der Waals surface area contributed by atoms with Gasteiger partial charge in [0.25, 0.3) is 5.56 Å². The van der Waals surface area contributed by atoms with E-state index in [2.05, 4.69) is 20.3 Å². The summed E-state index contributed by atoms with van der Waals surface area (Å²) in [7, 11) is 1.51. The Morgan fingerprint density at radius 1 is 1.27 bits per heavy atom. The van der Waals surface area contributed by atoms with E-state index < -0.39 is 0 Å². The van der Waals surface area contributed by atoms with Crippen LogP contribution in [0.4, 0.5) is 5.69 Å². The van der Waals surface area contributed by atoms with Crippen LogP contribution in [0.15, 0.2) is 64.8 Å². The zero-order valence-corrected chi connectivity index (χ0v) is 17.3. The first-order chi connectivity index (χ1) is 14.6. The molecule has 0 aliphatic rings.